The molecule has 0 aliphatic carbocycles. The zero-order chi connectivity index (χ0) is 20.1. The van der Waals surface area contributed by atoms with Gasteiger partial charge in [0, 0.05) is 18.6 Å². The van der Waals surface area contributed by atoms with Gasteiger partial charge in [-0.2, -0.15) is 0 Å². The highest BCUT2D eigenvalue weighted by Gasteiger charge is 2.20. The van der Waals surface area contributed by atoms with E-state index in [0.717, 1.165) is 0 Å². The first kappa shape index (κ1) is 20.3. The van der Waals surface area contributed by atoms with Crippen molar-refractivity contribution in [2.45, 2.75) is 18.1 Å². The fraction of sp³-hybridized carbons (Fsp3) is 0.235. The van der Waals surface area contributed by atoms with Crippen molar-refractivity contribution >= 4 is 51.6 Å². The Labute approximate surface area is 174 Å². The summed E-state index contributed by atoms with van der Waals surface area (Å²) in [4.78, 5) is 28.4. The normalized spacial score (nSPS) is 11.8. The second-order valence-corrected chi connectivity index (χ2v) is 7.99. The number of carbonyl (C=O) groups is 2. The number of hydrogen-bond donors (Lipinski definition) is 2. The quantitative estimate of drug-likeness (QED) is 0.551. The Morgan fingerprint density at radius 2 is 2.11 bits per heavy atom. The highest BCUT2D eigenvalue weighted by molar-refractivity contribution is 7.99. The van der Waals surface area contributed by atoms with Crippen molar-refractivity contribution in [1.82, 2.24) is 25.1 Å². The molecule has 146 valence electrons. The highest BCUT2D eigenvalue weighted by atomic mass is 35.5. The standard InChI is InChI=1S/C17H17ClN6O2S2/c1-10(20-15(26)11-5-3-4-6-12(11)18)14-22-23-17(24(14)2)28-9-13(25)21-16-19-7-8-27-16/h3-8,10H,9H2,1-2H3,(H,20,26)(H,19,21,25)/t10-/m0/s1. The minimum absolute atomic E-state index is 0.173. The number of benzene rings is 1. The van der Waals surface area contributed by atoms with Crippen LogP contribution in [-0.4, -0.2) is 37.3 Å². The van der Waals surface area contributed by atoms with Crippen LogP contribution in [-0.2, 0) is 11.8 Å². The Balaban J connectivity index is 1.59. The van der Waals surface area contributed by atoms with Gasteiger partial charge < -0.3 is 15.2 Å². The number of anilines is 1. The van der Waals surface area contributed by atoms with Crippen LogP contribution in [0.4, 0.5) is 5.13 Å². The molecule has 1 atom stereocenters. The molecule has 0 aliphatic heterocycles. The van der Waals surface area contributed by atoms with Gasteiger partial charge in [-0.3, -0.25) is 9.59 Å². The smallest absolute Gasteiger partial charge is 0.253 e. The zero-order valence-corrected chi connectivity index (χ0v) is 17.4. The summed E-state index contributed by atoms with van der Waals surface area (Å²) in [6, 6.07) is 6.44. The van der Waals surface area contributed by atoms with Gasteiger partial charge in [-0.05, 0) is 19.1 Å². The summed E-state index contributed by atoms with van der Waals surface area (Å²) in [5, 5.41) is 17.1. The molecule has 2 aromatic heterocycles. The van der Waals surface area contributed by atoms with Crippen LogP contribution in [0.3, 0.4) is 0 Å². The molecule has 0 radical (unpaired) electrons. The lowest BCUT2D eigenvalue weighted by molar-refractivity contribution is -0.113. The van der Waals surface area contributed by atoms with E-state index < -0.39 is 0 Å². The second kappa shape index (κ2) is 9.18. The minimum Gasteiger partial charge on any atom is -0.342 e. The third-order valence-electron chi connectivity index (χ3n) is 3.73. The molecule has 28 heavy (non-hydrogen) atoms. The molecule has 0 spiro atoms. The predicted molar refractivity (Wildman–Crippen MR) is 110 cm³/mol. The number of aromatic nitrogens is 4. The Hall–Kier alpha value is -2.43. The Morgan fingerprint density at radius 3 is 2.82 bits per heavy atom. The number of nitrogens with one attached hydrogen (secondary N) is 2. The van der Waals surface area contributed by atoms with Crippen LogP contribution >= 0.6 is 34.7 Å². The molecule has 2 N–H and O–H groups in total. The van der Waals surface area contributed by atoms with E-state index in [2.05, 4.69) is 25.8 Å². The van der Waals surface area contributed by atoms with Crippen LogP contribution in [0.1, 0.15) is 29.1 Å². The third kappa shape index (κ3) is 4.89. The average molecular weight is 437 g/mol. The van der Waals surface area contributed by atoms with E-state index >= 15 is 0 Å². The van der Waals surface area contributed by atoms with Crippen LogP contribution in [0.15, 0.2) is 41.0 Å². The molecular weight excluding hydrogens is 420 g/mol. The first-order chi connectivity index (χ1) is 13.5. The first-order valence-corrected chi connectivity index (χ1v) is 10.5. The summed E-state index contributed by atoms with van der Waals surface area (Å²) in [6.45, 7) is 1.81. The van der Waals surface area contributed by atoms with E-state index in [1.807, 2.05) is 6.92 Å². The van der Waals surface area contributed by atoms with Crippen LogP contribution in [0.25, 0.3) is 0 Å². The van der Waals surface area contributed by atoms with E-state index in [1.165, 1.54) is 23.1 Å². The number of halogens is 1. The van der Waals surface area contributed by atoms with Gasteiger partial charge in [-0.15, -0.1) is 21.5 Å². The Bertz CT molecular complexity index is 976. The molecule has 3 aromatic rings. The Morgan fingerprint density at radius 1 is 1.32 bits per heavy atom. The van der Waals surface area contributed by atoms with E-state index in [-0.39, 0.29) is 23.6 Å². The van der Waals surface area contributed by atoms with E-state index in [9.17, 15) is 9.59 Å². The molecule has 2 amide bonds. The molecule has 8 nitrogen and oxygen atoms in total. The summed E-state index contributed by atoms with van der Waals surface area (Å²) in [5.74, 6) is 0.275. The molecule has 0 saturated carbocycles. The second-order valence-electron chi connectivity index (χ2n) is 5.75. The summed E-state index contributed by atoms with van der Waals surface area (Å²) in [7, 11) is 1.79. The first-order valence-electron chi connectivity index (χ1n) is 8.22. The number of carbonyl (C=O) groups excluding carboxylic acids is 2. The number of thiazole rings is 1. The van der Waals surface area contributed by atoms with Crippen LogP contribution in [0, 0.1) is 0 Å². The number of rotatable bonds is 7. The van der Waals surface area contributed by atoms with Gasteiger partial charge in [0.05, 0.1) is 22.4 Å². The molecule has 3 rings (SSSR count). The lowest BCUT2D eigenvalue weighted by atomic mass is 10.2. The van der Waals surface area contributed by atoms with Gasteiger partial charge in [0.2, 0.25) is 5.91 Å². The summed E-state index contributed by atoms with van der Waals surface area (Å²) in [5.41, 5.74) is 0.395. The van der Waals surface area contributed by atoms with Gasteiger partial charge in [0.1, 0.15) is 0 Å². The van der Waals surface area contributed by atoms with Crippen molar-refractivity contribution in [2.75, 3.05) is 11.1 Å². The molecule has 0 bridgehead atoms. The lowest BCUT2D eigenvalue weighted by Crippen LogP contribution is -2.28. The van der Waals surface area contributed by atoms with Crippen molar-refractivity contribution in [3.63, 3.8) is 0 Å². The van der Waals surface area contributed by atoms with Crippen LogP contribution in [0.5, 0.6) is 0 Å². The molecule has 2 heterocycles. The van der Waals surface area contributed by atoms with Gasteiger partial charge in [0.25, 0.3) is 5.91 Å². The maximum atomic E-state index is 12.4. The zero-order valence-electron chi connectivity index (χ0n) is 15.0. The van der Waals surface area contributed by atoms with Gasteiger partial charge in [-0.25, -0.2) is 4.98 Å². The monoisotopic (exact) mass is 436 g/mol. The molecule has 0 saturated heterocycles. The van der Waals surface area contributed by atoms with Crippen molar-refractivity contribution in [3.05, 3.63) is 52.3 Å². The van der Waals surface area contributed by atoms with Crippen molar-refractivity contribution < 1.29 is 9.59 Å². The van der Waals surface area contributed by atoms with Crippen molar-refractivity contribution in [2.24, 2.45) is 7.05 Å². The SMILES string of the molecule is C[C@H](NC(=O)c1ccccc1Cl)c1nnc(SCC(=O)Nc2nccs2)n1C. The summed E-state index contributed by atoms with van der Waals surface area (Å²) >= 11 is 8.67. The fourth-order valence-electron chi connectivity index (χ4n) is 2.38. The topological polar surface area (TPSA) is 102 Å². The molecule has 0 aliphatic rings. The molecular formula is C17H17ClN6O2S2. The van der Waals surface area contributed by atoms with Crippen molar-refractivity contribution in [1.29, 1.82) is 0 Å². The van der Waals surface area contributed by atoms with E-state index in [4.69, 9.17) is 11.6 Å². The van der Waals surface area contributed by atoms with Crippen molar-refractivity contribution in [3.8, 4) is 0 Å². The largest absolute Gasteiger partial charge is 0.342 e. The van der Waals surface area contributed by atoms with E-state index in [0.29, 0.717) is 26.7 Å². The molecule has 0 unspecified atom stereocenters. The number of amides is 2. The van der Waals surface area contributed by atoms with E-state index in [1.54, 1.807) is 47.5 Å². The lowest BCUT2D eigenvalue weighted by Gasteiger charge is -2.14. The Kier molecular flexibility index (Phi) is 6.65. The van der Waals surface area contributed by atoms with Gasteiger partial charge >= 0.3 is 0 Å². The predicted octanol–water partition coefficient (Wildman–Crippen LogP) is 3.15. The fourth-order valence-corrected chi connectivity index (χ4v) is 3.87. The number of nitrogens with zero attached hydrogens (tertiary/aromatic N) is 4. The maximum Gasteiger partial charge on any atom is 0.253 e. The third-order valence-corrected chi connectivity index (χ3v) is 5.77. The van der Waals surface area contributed by atoms with Crippen LogP contribution < -0.4 is 10.6 Å². The highest BCUT2D eigenvalue weighted by Crippen LogP contribution is 2.21. The molecule has 11 heteroatoms. The summed E-state index contributed by atoms with van der Waals surface area (Å²) < 4.78 is 1.75. The van der Waals surface area contributed by atoms with Gasteiger partial charge in [-0.1, -0.05) is 35.5 Å². The summed E-state index contributed by atoms with van der Waals surface area (Å²) in [6.07, 6.45) is 1.63. The molecule has 1 aromatic carbocycles. The van der Waals surface area contributed by atoms with Crippen LogP contribution in [0.2, 0.25) is 5.02 Å². The maximum absolute atomic E-state index is 12.4. The number of thioether (sulfide) groups is 1. The number of hydrogen-bond acceptors (Lipinski definition) is 7. The average Bonchev–Trinajstić information content (AvgIpc) is 3.30. The van der Waals surface area contributed by atoms with Gasteiger partial charge in [0.15, 0.2) is 16.1 Å². The molecule has 0 fully saturated rings. The minimum atomic E-state index is -0.389.